The van der Waals surface area contributed by atoms with Crippen LogP contribution in [0.1, 0.15) is 117 Å². The van der Waals surface area contributed by atoms with Crippen molar-refractivity contribution in [3.63, 3.8) is 0 Å². The molecule has 1 aliphatic heterocycles. The maximum Gasteiger partial charge on any atom is 0.532 e. The summed E-state index contributed by atoms with van der Waals surface area (Å²) in [6.45, 7) is 5.73. The lowest BCUT2D eigenvalue weighted by Crippen LogP contribution is -2.66. The van der Waals surface area contributed by atoms with E-state index in [1.807, 2.05) is 5.38 Å². The maximum absolute atomic E-state index is 13.6. The Labute approximate surface area is 459 Å². The molecule has 32 heteroatoms. The number of imidazole rings is 1. The number of phosphoric ester groups is 1. The summed E-state index contributed by atoms with van der Waals surface area (Å²) in [6, 6.07) is -8.63. The fraction of sp³-hybridized carbons (Fsp3) is 0.681. The zero-order valence-corrected chi connectivity index (χ0v) is 46.4. The number of aryl methyl sites for hydroxylation is 1. The molecule has 1 aliphatic rings. The lowest BCUT2D eigenvalue weighted by atomic mass is 9.96. The number of nitrogens with two attached hydrogens (primary N) is 2. The number of aromatic amines is 1. The highest BCUT2D eigenvalue weighted by atomic mass is 32.1. The van der Waals surface area contributed by atoms with Gasteiger partial charge < -0.3 is 83.0 Å². The number of aliphatic hydroxyl groups excluding tert-OH is 2. The third-order valence-electron chi connectivity index (χ3n) is 12.2. The van der Waals surface area contributed by atoms with Crippen molar-refractivity contribution in [2.24, 2.45) is 11.5 Å². The van der Waals surface area contributed by atoms with Crippen LogP contribution in [0.25, 0.3) is 11.0 Å². The summed E-state index contributed by atoms with van der Waals surface area (Å²) >= 11 is 1.65. The van der Waals surface area contributed by atoms with Crippen molar-refractivity contribution in [2.45, 2.75) is 185 Å². The fourth-order valence-corrected chi connectivity index (χ4v) is 9.60. The van der Waals surface area contributed by atoms with Crippen molar-refractivity contribution in [3.8, 4) is 0 Å². The highest BCUT2D eigenvalue weighted by Gasteiger charge is 2.51. The van der Waals surface area contributed by atoms with E-state index in [9.17, 15) is 72.7 Å². The van der Waals surface area contributed by atoms with Crippen LogP contribution in [0.2, 0.25) is 0 Å². The van der Waals surface area contributed by atoms with Crippen molar-refractivity contribution in [3.05, 3.63) is 16.6 Å². The lowest BCUT2D eigenvalue weighted by molar-refractivity contribution is -0.261. The van der Waals surface area contributed by atoms with Crippen LogP contribution in [0.4, 0.5) is 0 Å². The number of ether oxygens (including phenoxy) is 2. The Bertz CT molecular complexity index is 2440. The van der Waals surface area contributed by atoms with Crippen LogP contribution in [0, 0.1) is 0 Å². The average Bonchev–Trinajstić information content (AvgIpc) is 4.02. The molecule has 0 aromatic carbocycles. The number of carbonyl (C=O) groups is 10. The molecular formula is C47H76N11O19PS. The van der Waals surface area contributed by atoms with Gasteiger partial charge in [0, 0.05) is 49.5 Å². The average molecular weight is 1160 g/mol. The van der Waals surface area contributed by atoms with E-state index in [4.69, 9.17) is 25.5 Å². The first kappa shape index (κ1) is 67.1. The SMILES string of the molecule is CC(=O)N[C@H]1[C@@H](OP(=O)(O)OC(=O)[C@H](C)NC(=O)CC[C@@H](NC(=O)[C@H](CCCCNC(=O)CCCCCNC(=O)CCCCc2scc3[nH]cnc23)NC(=O)[C@@H](C)NC(=O)[C@@H](C)N)C(=O)O)O[C@H](CO)[C@@H](O)[C@@H]1O[C@H](C)C(N)=O. The van der Waals surface area contributed by atoms with Gasteiger partial charge in [-0.05, 0) is 85.5 Å². The van der Waals surface area contributed by atoms with Crippen molar-refractivity contribution in [1.82, 2.24) is 47.2 Å². The predicted molar refractivity (Wildman–Crippen MR) is 279 cm³/mol. The van der Waals surface area contributed by atoms with E-state index in [0.717, 1.165) is 44.1 Å². The normalized spacial score (nSPS) is 20.1. The number of hydrogen-bond acceptors (Lipinski definition) is 20. The summed E-state index contributed by atoms with van der Waals surface area (Å²) in [4.78, 5) is 145. The van der Waals surface area contributed by atoms with Crippen LogP contribution < -0.4 is 48.7 Å². The molecule has 12 atom stereocenters. The number of amides is 8. The largest absolute Gasteiger partial charge is 0.532 e. The molecule has 8 amide bonds. The van der Waals surface area contributed by atoms with Crippen LogP contribution in [0.5, 0.6) is 0 Å². The minimum atomic E-state index is -5.57. The number of carboxylic acid groups (broad SMARTS) is 1. The Morgan fingerprint density at radius 2 is 1.44 bits per heavy atom. The molecule has 16 N–H and O–H groups in total. The van der Waals surface area contributed by atoms with Crippen LogP contribution in [0.3, 0.4) is 0 Å². The van der Waals surface area contributed by atoms with E-state index < -0.39 is 142 Å². The molecule has 444 valence electrons. The van der Waals surface area contributed by atoms with Gasteiger partial charge in [-0.3, -0.25) is 43.2 Å². The second kappa shape index (κ2) is 33.4. The van der Waals surface area contributed by atoms with Gasteiger partial charge in [-0.2, -0.15) is 0 Å². The van der Waals surface area contributed by atoms with Crippen LogP contribution in [0.15, 0.2) is 11.7 Å². The summed E-state index contributed by atoms with van der Waals surface area (Å²) in [5.41, 5.74) is 12.8. The molecule has 1 saturated heterocycles. The van der Waals surface area contributed by atoms with Crippen LogP contribution in [-0.2, 0) is 77.5 Å². The number of hydrogen-bond donors (Lipinski definition) is 14. The molecule has 30 nitrogen and oxygen atoms in total. The number of aliphatic carboxylic acids is 1. The molecule has 79 heavy (non-hydrogen) atoms. The molecule has 3 rings (SSSR count). The van der Waals surface area contributed by atoms with Crippen molar-refractivity contribution in [1.29, 1.82) is 0 Å². The Balaban J connectivity index is 1.47. The zero-order chi connectivity index (χ0) is 59.0. The molecular weight excluding hydrogens is 1090 g/mol. The molecule has 2 aromatic heterocycles. The van der Waals surface area contributed by atoms with E-state index in [1.165, 1.54) is 25.6 Å². The van der Waals surface area contributed by atoms with Crippen molar-refractivity contribution in [2.75, 3.05) is 19.7 Å². The van der Waals surface area contributed by atoms with Gasteiger partial charge in [0.2, 0.25) is 47.3 Å². The summed E-state index contributed by atoms with van der Waals surface area (Å²) in [6.07, 6.45) is -2.40. The number of rotatable bonds is 36. The minimum Gasteiger partial charge on any atom is -0.480 e. The number of fused-ring (bicyclic) bond motifs is 1. The second-order valence-electron chi connectivity index (χ2n) is 18.9. The molecule has 3 heterocycles. The number of H-pyrrole nitrogens is 1. The Morgan fingerprint density at radius 1 is 0.810 bits per heavy atom. The van der Waals surface area contributed by atoms with Crippen LogP contribution >= 0.6 is 19.2 Å². The van der Waals surface area contributed by atoms with Gasteiger partial charge in [0.1, 0.15) is 60.1 Å². The standard InChI is InChI=1S/C47H76N11O19PS/c1-24(48)42(66)55-25(2)43(67)57-29(13-10-12-20-51-34(61)15-7-6-11-19-50-35(62)16-9-8-14-33-37-31(22-79-33)52-23-53-37)44(68)58-30(45(69)70)17-18-36(63)54-26(3)46(71)76-78(72,73)77-47-38(56-28(5)60)40(74-27(4)41(49)65)39(64)32(21-59)75-47/h22-27,29-30,32,38-40,47,59,64H,6-21,48H2,1-5H3,(H2,49,65)(H,50,62)(H,51,61)(H,52,53)(H,54,63)(H,55,66)(H,56,60)(H,57,67)(H,58,68)(H,69,70)(H,72,73)/t24-,25-,26+,27-,29+,30-,32-,38-,39-,40-,47-/m1/s1. The maximum atomic E-state index is 13.6. The van der Waals surface area contributed by atoms with E-state index >= 15 is 0 Å². The number of unbranched alkanes of at least 4 members (excludes halogenated alkanes) is 4. The topological polar surface area (TPSA) is 471 Å². The van der Waals surface area contributed by atoms with Crippen molar-refractivity contribution < 1.29 is 91.2 Å². The quantitative estimate of drug-likeness (QED) is 0.0259. The predicted octanol–water partition coefficient (Wildman–Crippen LogP) is -2.01. The third-order valence-corrected chi connectivity index (χ3v) is 14.1. The van der Waals surface area contributed by atoms with E-state index in [2.05, 4.69) is 51.7 Å². The first-order valence-electron chi connectivity index (χ1n) is 25.8. The highest BCUT2D eigenvalue weighted by Crippen LogP contribution is 2.47. The fourth-order valence-electron chi connectivity index (χ4n) is 7.75. The number of phosphoric acid groups is 1. The monoisotopic (exact) mass is 1160 g/mol. The Morgan fingerprint density at radius 3 is 2.05 bits per heavy atom. The van der Waals surface area contributed by atoms with Gasteiger partial charge in [0.25, 0.3) is 0 Å². The zero-order valence-electron chi connectivity index (χ0n) is 44.7. The van der Waals surface area contributed by atoms with E-state index in [-0.39, 0.29) is 37.6 Å². The number of carboxylic acids is 1. The third kappa shape index (κ3) is 23.6. The van der Waals surface area contributed by atoms with Gasteiger partial charge >= 0.3 is 19.8 Å². The number of nitrogens with one attached hydrogen (secondary N) is 8. The first-order chi connectivity index (χ1) is 37.2. The second-order valence-corrected chi connectivity index (χ2v) is 21.2. The highest BCUT2D eigenvalue weighted by molar-refractivity contribution is 7.48. The molecule has 0 radical (unpaired) electrons. The number of nitrogens with zero attached hydrogens (tertiary/aromatic N) is 1. The molecule has 2 aromatic rings. The molecule has 0 saturated carbocycles. The summed E-state index contributed by atoms with van der Waals surface area (Å²) in [5.74, 6) is -8.65. The van der Waals surface area contributed by atoms with Gasteiger partial charge in [0.05, 0.1) is 24.5 Å². The Hall–Kier alpha value is -6.18. The Kier molecular flexibility index (Phi) is 28.4. The van der Waals surface area contributed by atoms with E-state index in [0.29, 0.717) is 38.6 Å². The van der Waals surface area contributed by atoms with E-state index in [1.54, 1.807) is 17.7 Å². The number of aromatic nitrogens is 2. The molecule has 1 unspecified atom stereocenters. The molecule has 1 fully saturated rings. The summed E-state index contributed by atoms with van der Waals surface area (Å²) in [7, 11) is -5.57. The minimum absolute atomic E-state index is 0.0261. The van der Waals surface area contributed by atoms with Crippen molar-refractivity contribution >= 4 is 89.4 Å². The van der Waals surface area contributed by atoms with Gasteiger partial charge in [0.15, 0.2) is 6.29 Å². The smallest absolute Gasteiger partial charge is 0.480 e. The first-order valence-corrected chi connectivity index (χ1v) is 28.1. The van der Waals surface area contributed by atoms with Gasteiger partial charge in [-0.15, -0.1) is 11.3 Å². The summed E-state index contributed by atoms with van der Waals surface area (Å²) < 4.78 is 33.5. The number of aliphatic hydroxyl groups is 2. The lowest BCUT2D eigenvalue weighted by Gasteiger charge is -2.44. The molecule has 0 spiro atoms. The van der Waals surface area contributed by atoms with Gasteiger partial charge in [-0.25, -0.2) is 23.7 Å². The number of carbonyl (C=O) groups excluding carboxylic acids is 9. The number of thiophene rings is 1. The summed E-state index contributed by atoms with van der Waals surface area (Å²) in [5, 5.41) is 49.8. The molecule has 0 aliphatic carbocycles. The van der Waals surface area contributed by atoms with Gasteiger partial charge in [-0.1, -0.05) is 6.42 Å². The van der Waals surface area contributed by atoms with Crippen LogP contribution in [-0.4, -0.2) is 176 Å². The molecule has 0 bridgehead atoms. The number of primary amides is 1.